The van der Waals surface area contributed by atoms with Crippen LogP contribution in [-0.4, -0.2) is 30.8 Å². The smallest absolute Gasteiger partial charge is 0.341 e. The van der Waals surface area contributed by atoms with E-state index in [9.17, 15) is 9.59 Å². The van der Waals surface area contributed by atoms with Crippen molar-refractivity contribution in [3.05, 3.63) is 45.8 Å². The fraction of sp³-hybridized carbons (Fsp3) is 0.409. The zero-order valence-electron chi connectivity index (χ0n) is 17.2. The summed E-state index contributed by atoms with van der Waals surface area (Å²) in [6, 6.07) is 6.94. The van der Waals surface area contributed by atoms with Crippen molar-refractivity contribution in [3.8, 4) is 0 Å². The number of hydrogen-bond acceptors (Lipinski definition) is 6. The molecule has 2 N–H and O–H groups in total. The Kier molecular flexibility index (Phi) is 7.81. The summed E-state index contributed by atoms with van der Waals surface area (Å²) in [5.74, 6) is -0.728. The molecule has 0 saturated heterocycles. The number of thiophene rings is 1. The number of benzene rings is 1. The third-order valence-corrected chi connectivity index (χ3v) is 6.33. The minimum Gasteiger partial charge on any atom is -0.465 e. The molecule has 0 radical (unpaired) electrons. The van der Waals surface area contributed by atoms with E-state index in [1.807, 2.05) is 6.07 Å². The van der Waals surface area contributed by atoms with Crippen LogP contribution in [0, 0.1) is 0 Å². The van der Waals surface area contributed by atoms with Crippen LogP contribution in [0.1, 0.15) is 63.8 Å². The molecule has 0 aliphatic heterocycles. The molecule has 8 heteroatoms. The van der Waals surface area contributed by atoms with Crippen molar-refractivity contribution in [2.24, 2.45) is 0 Å². The first-order valence-electron chi connectivity index (χ1n) is 10.1. The second-order valence-corrected chi connectivity index (χ2v) is 8.51. The Morgan fingerprint density at radius 2 is 1.87 bits per heavy atom. The molecule has 0 amide bonds. The molecular formula is C22H26N2O4S2. The summed E-state index contributed by atoms with van der Waals surface area (Å²) in [4.78, 5) is 25.7. The van der Waals surface area contributed by atoms with E-state index in [2.05, 4.69) is 10.6 Å². The van der Waals surface area contributed by atoms with E-state index in [0.717, 1.165) is 31.2 Å². The van der Waals surface area contributed by atoms with E-state index in [4.69, 9.17) is 21.7 Å². The van der Waals surface area contributed by atoms with Crippen molar-refractivity contribution in [1.29, 1.82) is 0 Å². The van der Waals surface area contributed by atoms with E-state index in [-0.39, 0.29) is 11.9 Å². The van der Waals surface area contributed by atoms with Gasteiger partial charge in [-0.05, 0) is 68.6 Å². The number of methoxy groups -OCH3 is 1. The van der Waals surface area contributed by atoms with Gasteiger partial charge in [-0.3, -0.25) is 0 Å². The number of aryl methyl sites for hydroxylation is 1. The average molecular weight is 447 g/mol. The van der Waals surface area contributed by atoms with Crippen LogP contribution in [0.15, 0.2) is 24.3 Å². The molecule has 30 heavy (non-hydrogen) atoms. The van der Waals surface area contributed by atoms with Gasteiger partial charge in [0.05, 0.1) is 24.8 Å². The number of anilines is 2. The molecule has 0 unspecified atom stereocenters. The van der Waals surface area contributed by atoms with E-state index < -0.39 is 0 Å². The normalized spacial score (nSPS) is 13.4. The fourth-order valence-corrected chi connectivity index (χ4v) is 5.10. The van der Waals surface area contributed by atoms with Gasteiger partial charge in [-0.15, -0.1) is 11.3 Å². The topological polar surface area (TPSA) is 76.7 Å². The molecule has 1 heterocycles. The summed E-state index contributed by atoms with van der Waals surface area (Å²) in [5, 5.41) is 7.30. The van der Waals surface area contributed by atoms with Crippen molar-refractivity contribution < 1.29 is 19.1 Å². The third kappa shape index (κ3) is 5.37. The van der Waals surface area contributed by atoms with Crippen LogP contribution in [0.3, 0.4) is 0 Å². The summed E-state index contributed by atoms with van der Waals surface area (Å²) in [6.07, 6.45) is 6.42. The highest BCUT2D eigenvalue weighted by Crippen LogP contribution is 2.37. The molecule has 6 nitrogen and oxygen atoms in total. The average Bonchev–Trinajstić information content (AvgIpc) is 3.03. The zero-order chi connectivity index (χ0) is 21.5. The van der Waals surface area contributed by atoms with Crippen LogP contribution in [0.2, 0.25) is 0 Å². The highest BCUT2D eigenvalue weighted by atomic mass is 32.1. The molecule has 1 aliphatic rings. The second-order valence-electron chi connectivity index (χ2n) is 6.99. The number of ether oxygens (including phenoxy) is 2. The monoisotopic (exact) mass is 446 g/mol. The number of hydrogen-bond donors (Lipinski definition) is 2. The lowest BCUT2D eigenvalue weighted by molar-refractivity contribution is 0.0525. The summed E-state index contributed by atoms with van der Waals surface area (Å²) in [6.45, 7) is 2.08. The van der Waals surface area contributed by atoms with Crippen molar-refractivity contribution in [2.45, 2.75) is 45.4 Å². The first-order chi connectivity index (χ1) is 14.5. The minimum atomic E-state index is -0.383. The quantitative estimate of drug-likeness (QED) is 0.484. The van der Waals surface area contributed by atoms with Crippen LogP contribution in [0.5, 0.6) is 0 Å². The number of esters is 2. The van der Waals surface area contributed by atoms with E-state index in [1.165, 1.54) is 24.8 Å². The lowest BCUT2D eigenvalue weighted by Crippen LogP contribution is -2.20. The lowest BCUT2D eigenvalue weighted by Gasteiger charge is -2.12. The van der Waals surface area contributed by atoms with Gasteiger partial charge < -0.3 is 20.1 Å². The Morgan fingerprint density at radius 3 is 2.60 bits per heavy atom. The SMILES string of the molecule is CCOC(=O)c1cccc(NC(=S)Nc2sc3c(c2C(=O)OC)CCCCCC3)c1. The van der Waals surface area contributed by atoms with Crippen LogP contribution >= 0.6 is 23.6 Å². The number of rotatable bonds is 5. The molecule has 2 aromatic rings. The maximum atomic E-state index is 12.5. The van der Waals surface area contributed by atoms with E-state index in [1.54, 1.807) is 36.5 Å². The van der Waals surface area contributed by atoms with Crippen molar-refractivity contribution in [2.75, 3.05) is 24.4 Å². The Balaban J connectivity index is 1.79. The van der Waals surface area contributed by atoms with Crippen molar-refractivity contribution in [1.82, 2.24) is 0 Å². The molecule has 1 aromatic heterocycles. The molecule has 1 aliphatic carbocycles. The number of carbonyl (C=O) groups is 2. The number of nitrogens with one attached hydrogen (secondary N) is 2. The Morgan fingerprint density at radius 1 is 1.10 bits per heavy atom. The van der Waals surface area contributed by atoms with Crippen LogP contribution < -0.4 is 10.6 Å². The lowest BCUT2D eigenvalue weighted by atomic mass is 9.96. The highest BCUT2D eigenvalue weighted by molar-refractivity contribution is 7.80. The molecule has 0 atom stereocenters. The summed E-state index contributed by atoms with van der Waals surface area (Å²) in [7, 11) is 1.40. The van der Waals surface area contributed by atoms with Crippen LogP contribution in [0.25, 0.3) is 0 Å². The highest BCUT2D eigenvalue weighted by Gasteiger charge is 2.25. The molecule has 0 spiro atoms. The molecular weight excluding hydrogens is 420 g/mol. The van der Waals surface area contributed by atoms with Crippen LogP contribution in [0.4, 0.5) is 10.7 Å². The second kappa shape index (κ2) is 10.5. The first-order valence-corrected chi connectivity index (χ1v) is 11.3. The van der Waals surface area contributed by atoms with Gasteiger partial charge in [-0.1, -0.05) is 18.9 Å². The number of thiocarbonyl (C=S) groups is 1. The molecule has 1 aromatic carbocycles. The van der Waals surface area contributed by atoms with Crippen molar-refractivity contribution >= 4 is 51.3 Å². The third-order valence-electron chi connectivity index (χ3n) is 4.92. The Hall–Kier alpha value is -2.45. The maximum absolute atomic E-state index is 12.5. The largest absolute Gasteiger partial charge is 0.465 e. The standard InChI is InChI=1S/C22H26N2O4S2/c1-3-28-20(25)14-9-8-10-15(13-14)23-22(29)24-19-18(21(26)27-2)16-11-6-4-5-7-12-17(16)30-19/h8-10,13H,3-7,11-12H2,1-2H3,(H2,23,24,29). The number of fused-ring (bicyclic) bond motifs is 1. The summed E-state index contributed by atoms with van der Waals surface area (Å²) < 4.78 is 10.1. The molecule has 0 saturated carbocycles. The van der Waals surface area contributed by atoms with Gasteiger partial charge in [0.25, 0.3) is 0 Å². The maximum Gasteiger partial charge on any atom is 0.341 e. The number of carbonyl (C=O) groups excluding carboxylic acids is 2. The van der Waals surface area contributed by atoms with Gasteiger partial charge in [0.15, 0.2) is 5.11 Å². The molecule has 160 valence electrons. The molecule has 3 rings (SSSR count). The predicted octanol–water partition coefficient (Wildman–Crippen LogP) is 5.18. The van der Waals surface area contributed by atoms with Gasteiger partial charge in [0.2, 0.25) is 0 Å². The Labute approximate surface area is 186 Å². The summed E-state index contributed by atoms with van der Waals surface area (Å²) in [5.41, 5.74) is 2.77. The molecule has 0 fully saturated rings. The van der Waals surface area contributed by atoms with E-state index in [0.29, 0.717) is 33.5 Å². The zero-order valence-corrected chi connectivity index (χ0v) is 18.8. The van der Waals surface area contributed by atoms with E-state index >= 15 is 0 Å². The fourth-order valence-electron chi connectivity index (χ4n) is 3.53. The van der Waals surface area contributed by atoms with Gasteiger partial charge in [-0.25, -0.2) is 9.59 Å². The minimum absolute atomic E-state index is 0.315. The predicted molar refractivity (Wildman–Crippen MR) is 124 cm³/mol. The van der Waals surface area contributed by atoms with Crippen molar-refractivity contribution in [3.63, 3.8) is 0 Å². The molecule has 0 bridgehead atoms. The van der Waals surface area contributed by atoms with Gasteiger partial charge in [0.1, 0.15) is 5.00 Å². The van der Waals surface area contributed by atoms with Crippen LogP contribution in [-0.2, 0) is 22.3 Å². The van der Waals surface area contributed by atoms with Gasteiger partial charge in [0, 0.05) is 10.6 Å². The Bertz CT molecular complexity index is 939. The first kappa shape index (κ1) is 22.2. The summed E-state index contributed by atoms with van der Waals surface area (Å²) >= 11 is 7.04. The van der Waals surface area contributed by atoms with Gasteiger partial charge >= 0.3 is 11.9 Å². The van der Waals surface area contributed by atoms with Gasteiger partial charge in [-0.2, -0.15) is 0 Å².